The number of ether oxygens (including phenoxy) is 1. The standard InChI is InChI=1S/C20H26BN7O3/c1-12(29)24-10-13-4-6-14(7-5-13)11-31-19-17-18(27-20(22)28-19)26-15(25-17)3-2-8-23-16(30)9-21/h4-7H,2-3,8-11,21H2,1H3,(H,23,30)(H,24,29)(H3,22,25,26,27,28). The molecule has 0 bridgehead atoms. The van der Waals surface area contributed by atoms with E-state index in [1.165, 1.54) is 6.92 Å². The Bertz CT molecular complexity index is 1050. The Balaban J connectivity index is 1.62. The van der Waals surface area contributed by atoms with E-state index in [2.05, 4.69) is 30.6 Å². The van der Waals surface area contributed by atoms with Crippen LogP contribution in [0.3, 0.4) is 0 Å². The second kappa shape index (κ2) is 10.4. The molecule has 0 saturated heterocycles. The summed E-state index contributed by atoms with van der Waals surface area (Å²) in [6, 6.07) is 7.73. The number of carbonyl (C=O) groups is 2. The molecule has 0 aliphatic carbocycles. The highest BCUT2D eigenvalue weighted by Crippen LogP contribution is 2.22. The minimum Gasteiger partial charge on any atom is -0.471 e. The van der Waals surface area contributed by atoms with Crippen LogP contribution in [-0.4, -0.2) is 46.1 Å². The zero-order chi connectivity index (χ0) is 22.2. The van der Waals surface area contributed by atoms with E-state index in [0.29, 0.717) is 42.9 Å². The minimum absolute atomic E-state index is 0.0297. The van der Waals surface area contributed by atoms with Crippen LogP contribution in [0, 0.1) is 0 Å². The van der Waals surface area contributed by atoms with Gasteiger partial charge >= 0.3 is 0 Å². The van der Waals surface area contributed by atoms with Crippen molar-refractivity contribution in [2.24, 2.45) is 0 Å². The lowest BCUT2D eigenvalue weighted by atomic mass is 10.1. The predicted molar refractivity (Wildman–Crippen MR) is 119 cm³/mol. The molecule has 162 valence electrons. The first-order valence-corrected chi connectivity index (χ1v) is 10.2. The van der Waals surface area contributed by atoms with E-state index < -0.39 is 0 Å². The summed E-state index contributed by atoms with van der Waals surface area (Å²) in [7, 11) is 1.82. The van der Waals surface area contributed by atoms with Crippen molar-refractivity contribution in [2.45, 2.75) is 39.2 Å². The minimum atomic E-state index is -0.0677. The normalized spacial score (nSPS) is 10.7. The lowest BCUT2D eigenvalue weighted by Crippen LogP contribution is -2.23. The fourth-order valence-electron chi connectivity index (χ4n) is 2.90. The van der Waals surface area contributed by atoms with Gasteiger partial charge in [-0.1, -0.05) is 24.3 Å². The molecule has 0 saturated carbocycles. The third kappa shape index (κ3) is 6.43. The van der Waals surface area contributed by atoms with E-state index >= 15 is 0 Å². The molecule has 0 atom stereocenters. The number of amides is 2. The summed E-state index contributed by atoms with van der Waals surface area (Å²) < 4.78 is 5.87. The van der Waals surface area contributed by atoms with Crippen molar-refractivity contribution in [3.63, 3.8) is 0 Å². The Morgan fingerprint density at radius 2 is 1.87 bits per heavy atom. The molecule has 0 unspecified atom stereocenters. The van der Waals surface area contributed by atoms with Gasteiger partial charge in [-0.05, 0) is 23.9 Å². The van der Waals surface area contributed by atoms with E-state index in [0.717, 1.165) is 23.4 Å². The van der Waals surface area contributed by atoms with Crippen LogP contribution in [0.1, 0.15) is 30.3 Å². The van der Waals surface area contributed by atoms with Gasteiger partial charge < -0.3 is 26.1 Å². The van der Waals surface area contributed by atoms with E-state index in [1.807, 2.05) is 32.1 Å². The zero-order valence-electron chi connectivity index (χ0n) is 17.7. The number of rotatable bonds is 10. The molecule has 2 amide bonds. The van der Waals surface area contributed by atoms with Crippen LogP contribution in [0.4, 0.5) is 5.95 Å². The zero-order valence-corrected chi connectivity index (χ0v) is 17.7. The van der Waals surface area contributed by atoms with E-state index in [1.54, 1.807) is 0 Å². The van der Waals surface area contributed by atoms with Crippen molar-refractivity contribution < 1.29 is 14.3 Å². The van der Waals surface area contributed by atoms with Gasteiger partial charge in [0.2, 0.25) is 23.6 Å². The van der Waals surface area contributed by atoms with Crippen molar-refractivity contribution in [1.29, 1.82) is 0 Å². The van der Waals surface area contributed by atoms with Gasteiger partial charge in [-0.25, -0.2) is 4.98 Å². The molecule has 10 nitrogen and oxygen atoms in total. The molecule has 0 fully saturated rings. The molecule has 11 heteroatoms. The number of nitrogen functional groups attached to an aromatic ring is 1. The maximum absolute atomic E-state index is 11.3. The molecule has 0 radical (unpaired) electrons. The van der Waals surface area contributed by atoms with Crippen LogP contribution < -0.4 is 21.1 Å². The molecule has 0 spiro atoms. The summed E-state index contributed by atoms with van der Waals surface area (Å²) in [5, 5.41) is 5.60. The lowest BCUT2D eigenvalue weighted by Gasteiger charge is -2.07. The number of carbonyl (C=O) groups excluding carboxylic acids is 2. The number of nitrogens with zero attached hydrogens (tertiary/aromatic N) is 3. The van der Waals surface area contributed by atoms with E-state index in [4.69, 9.17) is 10.5 Å². The number of nitrogens with two attached hydrogens (primary N) is 1. The molecule has 31 heavy (non-hydrogen) atoms. The average Bonchev–Trinajstić information content (AvgIpc) is 3.16. The predicted octanol–water partition coefficient (Wildman–Crippen LogP) is 0.250. The first-order valence-electron chi connectivity index (χ1n) is 10.2. The molecular formula is C20H26BN7O3. The van der Waals surface area contributed by atoms with Crippen molar-refractivity contribution in [3.8, 4) is 5.88 Å². The topological polar surface area (TPSA) is 148 Å². The monoisotopic (exact) mass is 423 g/mol. The molecular weight excluding hydrogens is 397 g/mol. The SMILES string of the molecule is BCC(=O)NCCCc1nc2c(OCc3ccc(CNC(C)=O)cc3)nc(N)nc2[nH]1. The molecule has 5 N–H and O–H groups in total. The van der Waals surface area contributed by atoms with Crippen LogP contribution in [0.15, 0.2) is 24.3 Å². The van der Waals surface area contributed by atoms with E-state index in [-0.39, 0.29) is 24.4 Å². The number of fused-ring (bicyclic) bond motifs is 1. The summed E-state index contributed by atoms with van der Waals surface area (Å²) in [6.45, 7) is 2.84. The number of hydrogen-bond donors (Lipinski definition) is 4. The summed E-state index contributed by atoms with van der Waals surface area (Å²) >= 11 is 0. The second-order valence-electron chi connectivity index (χ2n) is 7.09. The van der Waals surface area contributed by atoms with Crippen molar-refractivity contribution in [1.82, 2.24) is 30.6 Å². The number of anilines is 1. The summed E-state index contributed by atoms with van der Waals surface area (Å²) in [6.07, 6.45) is 1.86. The largest absolute Gasteiger partial charge is 0.471 e. The van der Waals surface area contributed by atoms with Crippen molar-refractivity contribution in [2.75, 3.05) is 12.3 Å². The van der Waals surface area contributed by atoms with Crippen LogP contribution in [0.2, 0.25) is 6.32 Å². The number of imidazole rings is 1. The highest BCUT2D eigenvalue weighted by molar-refractivity contribution is 6.19. The number of benzene rings is 1. The number of nitrogens with one attached hydrogen (secondary N) is 3. The summed E-state index contributed by atoms with van der Waals surface area (Å²) in [5.74, 6) is 1.10. The van der Waals surface area contributed by atoms with Crippen LogP contribution >= 0.6 is 0 Å². The molecule has 0 aliphatic rings. The number of H-pyrrole nitrogens is 1. The quantitative estimate of drug-likeness (QED) is 0.270. The number of aryl methyl sites for hydroxylation is 1. The highest BCUT2D eigenvalue weighted by Gasteiger charge is 2.13. The van der Waals surface area contributed by atoms with Gasteiger partial charge in [0.25, 0.3) is 0 Å². The molecule has 2 aromatic heterocycles. The van der Waals surface area contributed by atoms with Crippen LogP contribution in [-0.2, 0) is 29.2 Å². The van der Waals surface area contributed by atoms with Crippen LogP contribution in [0.25, 0.3) is 11.2 Å². The smallest absolute Gasteiger partial charge is 0.247 e. The van der Waals surface area contributed by atoms with Gasteiger partial charge in [-0.3, -0.25) is 9.59 Å². The van der Waals surface area contributed by atoms with Gasteiger partial charge in [0.05, 0.1) is 0 Å². The van der Waals surface area contributed by atoms with Crippen molar-refractivity contribution in [3.05, 3.63) is 41.2 Å². The molecule has 0 aliphatic heterocycles. The number of aromatic nitrogens is 4. The van der Waals surface area contributed by atoms with Gasteiger partial charge in [-0.15, -0.1) is 0 Å². The maximum atomic E-state index is 11.3. The molecule has 1 aromatic carbocycles. The van der Waals surface area contributed by atoms with Crippen molar-refractivity contribution >= 4 is 36.8 Å². The Morgan fingerprint density at radius 1 is 1.13 bits per heavy atom. The third-order valence-corrected chi connectivity index (χ3v) is 4.55. The van der Waals surface area contributed by atoms with Gasteiger partial charge in [0.1, 0.15) is 20.3 Å². The first kappa shape index (κ1) is 22.1. The number of aromatic amines is 1. The lowest BCUT2D eigenvalue weighted by molar-refractivity contribution is -0.119. The maximum Gasteiger partial charge on any atom is 0.247 e. The third-order valence-electron chi connectivity index (χ3n) is 4.55. The Labute approximate surface area is 180 Å². The molecule has 2 heterocycles. The average molecular weight is 423 g/mol. The van der Waals surface area contributed by atoms with Crippen LogP contribution in [0.5, 0.6) is 5.88 Å². The first-order chi connectivity index (χ1) is 14.9. The summed E-state index contributed by atoms with van der Waals surface area (Å²) in [5.41, 5.74) is 8.79. The Morgan fingerprint density at radius 3 is 2.58 bits per heavy atom. The molecule has 3 rings (SSSR count). The van der Waals surface area contributed by atoms with Gasteiger partial charge in [0, 0.05) is 26.4 Å². The fourth-order valence-corrected chi connectivity index (χ4v) is 2.90. The van der Waals surface area contributed by atoms with Gasteiger partial charge in [0.15, 0.2) is 11.2 Å². The number of hydrogen-bond acceptors (Lipinski definition) is 7. The second-order valence-corrected chi connectivity index (χ2v) is 7.09. The Hall–Kier alpha value is -3.63. The highest BCUT2D eigenvalue weighted by atomic mass is 16.5. The van der Waals surface area contributed by atoms with Gasteiger partial charge in [-0.2, -0.15) is 9.97 Å². The Kier molecular flexibility index (Phi) is 7.42. The summed E-state index contributed by atoms with van der Waals surface area (Å²) in [4.78, 5) is 38.4. The van der Waals surface area contributed by atoms with E-state index in [9.17, 15) is 9.59 Å². The fraction of sp³-hybridized carbons (Fsp3) is 0.350. The molecule has 3 aromatic rings.